The molecule has 35 heavy (non-hydrogen) atoms. The van der Waals surface area contributed by atoms with Gasteiger partial charge in [0.05, 0.1) is 17.9 Å². The lowest BCUT2D eigenvalue weighted by Crippen LogP contribution is -2.17. The molecule has 0 aromatic heterocycles. The summed E-state index contributed by atoms with van der Waals surface area (Å²) in [5.74, 6) is -0.110. The highest BCUT2D eigenvalue weighted by Gasteiger charge is 2.16. The molecule has 2 rings (SSSR count). The lowest BCUT2D eigenvalue weighted by molar-refractivity contribution is -0.106. The Morgan fingerprint density at radius 3 is 2.51 bits per heavy atom. The number of nitrogens with one attached hydrogen (secondary N) is 2. The second-order valence-electron chi connectivity index (χ2n) is 8.19. The van der Waals surface area contributed by atoms with Gasteiger partial charge in [-0.05, 0) is 57.9 Å². The van der Waals surface area contributed by atoms with E-state index < -0.39 is 11.5 Å². The molecule has 0 aliphatic carbocycles. The minimum Gasteiger partial charge on any atom is -0.491 e. The Kier molecular flexibility index (Phi) is 12.4. The maximum atomic E-state index is 14.9. The summed E-state index contributed by atoms with van der Waals surface area (Å²) in [5.41, 5.74) is 6.68. The minimum atomic E-state index is -1.22. The normalized spacial score (nSPS) is 10.9. The van der Waals surface area contributed by atoms with Crippen molar-refractivity contribution in [2.24, 2.45) is 10.7 Å². The van der Waals surface area contributed by atoms with Crippen LogP contribution in [0.2, 0.25) is 0 Å². The quantitative estimate of drug-likeness (QED) is 0.204. The van der Waals surface area contributed by atoms with E-state index >= 15 is 0 Å². The van der Waals surface area contributed by atoms with Crippen LogP contribution in [0.3, 0.4) is 0 Å². The zero-order chi connectivity index (χ0) is 26.4. The number of carbonyl (C=O) groups excluding carboxylic acids is 1. The third-order valence-electron chi connectivity index (χ3n) is 4.73. The molecule has 192 valence electrons. The van der Waals surface area contributed by atoms with E-state index in [1.54, 1.807) is 40.2 Å². The molecule has 0 heterocycles. The number of benzene rings is 2. The van der Waals surface area contributed by atoms with Crippen molar-refractivity contribution in [2.75, 3.05) is 37.5 Å². The van der Waals surface area contributed by atoms with Crippen molar-refractivity contribution in [1.29, 1.82) is 0 Å². The minimum absolute atomic E-state index is 0.250. The Morgan fingerprint density at radius 2 is 1.94 bits per heavy atom. The molecule has 0 aliphatic rings. The summed E-state index contributed by atoms with van der Waals surface area (Å²) in [6.07, 6.45) is 2.25. The van der Waals surface area contributed by atoms with Gasteiger partial charge in [-0.15, -0.1) is 0 Å². The van der Waals surface area contributed by atoms with Crippen LogP contribution in [0.4, 0.5) is 25.8 Å². The van der Waals surface area contributed by atoms with Gasteiger partial charge in [-0.2, -0.15) is 0 Å². The summed E-state index contributed by atoms with van der Waals surface area (Å²) < 4.78 is 39.1. The van der Waals surface area contributed by atoms with Crippen molar-refractivity contribution in [3.05, 3.63) is 53.9 Å². The standard InChI is InChI=1S/C25H33F2N3O2.CH3NO/c1-7-28-23-16-20(32-13-12-31-6)15-21(26)24(23)18(3)30-19-8-9-22(17(2)14-19)29-11-10-25(4,5)27;2-1-3/h7-9,14-16,29-30H,3,10-13H2,1-2,4-6H3;1H,(H2,2,3). The molecule has 0 saturated heterocycles. The Labute approximate surface area is 206 Å². The Balaban J connectivity index is 0.00000194. The molecule has 2 aromatic carbocycles. The van der Waals surface area contributed by atoms with Crippen molar-refractivity contribution >= 4 is 35.4 Å². The molecule has 0 bridgehead atoms. The first-order chi connectivity index (χ1) is 16.6. The monoisotopic (exact) mass is 490 g/mol. The summed E-state index contributed by atoms with van der Waals surface area (Å²) in [6, 6.07) is 8.69. The average Bonchev–Trinajstić information content (AvgIpc) is 2.75. The van der Waals surface area contributed by atoms with E-state index in [4.69, 9.17) is 14.3 Å². The van der Waals surface area contributed by atoms with E-state index in [-0.39, 0.29) is 12.0 Å². The molecule has 2 aromatic rings. The molecule has 7 nitrogen and oxygen atoms in total. The van der Waals surface area contributed by atoms with Gasteiger partial charge in [0, 0.05) is 49.1 Å². The number of hydrogen-bond donors (Lipinski definition) is 3. The van der Waals surface area contributed by atoms with Gasteiger partial charge >= 0.3 is 0 Å². The number of nitrogens with two attached hydrogens (primary N) is 1. The van der Waals surface area contributed by atoms with Gasteiger partial charge in [0.2, 0.25) is 6.41 Å². The second-order valence-corrected chi connectivity index (χ2v) is 8.19. The number of methoxy groups -OCH3 is 1. The third-order valence-corrected chi connectivity index (χ3v) is 4.73. The van der Waals surface area contributed by atoms with Gasteiger partial charge in [-0.25, -0.2) is 8.78 Å². The molecule has 0 radical (unpaired) electrons. The highest BCUT2D eigenvalue weighted by atomic mass is 19.1. The fourth-order valence-electron chi connectivity index (χ4n) is 3.10. The number of hydrogen-bond acceptors (Lipinski definition) is 6. The topological polar surface area (TPSA) is 98.0 Å². The number of aliphatic imine (C=N–C) groups is 1. The zero-order valence-corrected chi connectivity index (χ0v) is 21.1. The summed E-state index contributed by atoms with van der Waals surface area (Å²) >= 11 is 0. The van der Waals surface area contributed by atoms with Crippen molar-refractivity contribution in [3.8, 4) is 5.75 Å². The summed E-state index contributed by atoms with van der Waals surface area (Å²) in [5, 5.41) is 6.41. The number of primary amides is 1. The number of nitrogens with zero attached hydrogens (tertiary/aromatic N) is 1. The fraction of sp³-hybridized carbons (Fsp3) is 0.385. The van der Waals surface area contributed by atoms with E-state index in [0.29, 0.717) is 43.3 Å². The molecule has 0 fully saturated rings. The highest BCUT2D eigenvalue weighted by molar-refractivity contribution is 5.84. The van der Waals surface area contributed by atoms with Gasteiger partial charge < -0.3 is 25.8 Å². The molecule has 0 aliphatic heterocycles. The van der Waals surface area contributed by atoms with Gasteiger partial charge in [0.25, 0.3) is 0 Å². The number of alkyl halides is 1. The Morgan fingerprint density at radius 1 is 1.26 bits per heavy atom. The van der Waals surface area contributed by atoms with E-state index in [9.17, 15) is 8.78 Å². The number of amides is 1. The molecule has 0 saturated carbocycles. The maximum absolute atomic E-state index is 14.9. The van der Waals surface area contributed by atoms with Crippen LogP contribution >= 0.6 is 0 Å². The van der Waals surface area contributed by atoms with Crippen LogP contribution in [0.5, 0.6) is 5.75 Å². The van der Waals surface area contributed by atoms with Crippen molar-refractivity contribution in [2.45, 2.75) is 39.8 Å². The smallest absolute Gasteiger partial charge is 0.204 e. The maximum Gasteiger partial charge on any atom is 0.204 e. The lowest BCUT2D eigenvalue weighted by Gasteiger charge is -2.18. The molecule has 1 amide bonds. The van der Waals surface area contributed by atoms with Gasteiger partial charge in [0.15, 0.2) is 0 Å². The molecule has 9 heteroatoms. The van der Waals surface area contributed by atoms with E-state index in [1.807, 2.05) is 25.1 Å². The summed E-state index contributed by atoms with van der Waals surface area (Å²) in [6.45, 7) is 12.1. The summed E-state index contributed by atoms with van der Waals surface area (Å²) in [4.78, 5) is 12.9. The van der Waals surface area contributed by atoms with Crippen molar-refractivity contribution in [3.63, 3.8) is 0 Å². The van der Waals surface area contributed by atoms with E-state index in [1.165, 1.54) is 6.07 Å². The fourth-order valence-corrected chi connectivity index (χ4v) is 3.10. The van der Waals surface area contributed by atoms with Gasteiger partial charge in [-0.1, -0.05) is 6.58 Å². The Bertz CT molecular complexity index is 1000. The van der Waals surface area contributed by atoms with Crippen LogP contribution in [0.1, 0.15) is 38.3 Å². The number of halogens is 2. The predicted octanol–water partition coefficient (Wildman–Crippen LogP) is 5.62. The molecule has 0 unspecified atom stereocenters. The van der Waals surface area contributed by atoms with Crippen molar-refractivity contribution < 1.29 is 23.0 Å². The average molecular weight is 491 g/mol. The van der Waals surface area contributed by atoms with Crippen LogP contribution in [0, 0.1) is 12.7 Å². The van der Waals surface area contributed by atoms with E-state index in [2.05, 4.69) is 27.9 Å². The van der Waals surface area contributed by atoms with Crippen LogP contribution < -0.4 is 21.1 Å². The van der Waals surface area contributed by atoms with Crippen LogP contribution in [-0.4, -0.2) is 45.2 Å². The number of aryl methyl sites for hydroxylation is 1. The van der Waals surface area contributed by atoms with Crippen LogP contribution in [-0.2, 0) is 9.53 Å². The number of carbonyl (C=O) groups is 1. The second kappa shape index (κ2) is 14.7. The number of rotatable bonds is 12. The zero-order valence-electron chi connectivity index (χ0n) is 21.1. The molecular weight excluding hydrogens is 454 g/mol. The number of ether oxygens (including phenoxy) is 2. The van der Waals surface area contributed by atoms with Gasteiger partial charge in [0.1, 0.15) is 23.8 Å². The first kappa shape index (κ1) is 29.6. The molecule has 4 N–H and O–H groups in total. The predicted molar refractivity (Wildman–Crippen MR) is 140 cm³/mol. The third kappa shape index (κ3) is 10.6. The first-order valence-corrected chi connectivity index (χ1v) is 11.1. The summed E-state index contributed by atoms with van der Waals surface area (Å²) in [7, 11) is 1.57. The lowest BCUT2D eigenvalue weighted by atomic mass is 10.1. The van der Waals surface area contributed by atoms with Gasteiger partial charge in [-0.3, -0.25) is 9.79 Å². The molecule has 0 atom stereocenters. The highest BCUT2D eigenvalue weighted by Crippen LogP contribution is 2.34. The van der Waals surface area contributed by atoms with Crippen LogP contribution in [0.25, 0.3) is 5.70 Å². The molecular formula is C26H36F2N4O3. The Hall–Kier alpha value is -3.46. The number of anilines is 2. The van der Waals surface area contributed by atoms with Crippen LogP contribution in [0.15, 0.2) is 41.9 Å². The SMILES string of the molecule is C=C(Nc1ccc(NCCC(C)(C)F)c(C)c1)c1c(F)cc(OCCOC)cc1N=CC.NC=O. The molecule has 0 spiro atoms. The largest absolute Gasteiger partial charge is 0.491 e. The van der Waals surface area contributed by atoms with Crippen molar-refractivity contribution in [1.82, 2.24) is 0 Å². The first-order valence-electron chi connectivity index (χ1n) is 11.1. The van der Waals surface area contributed by atoms with E-state index in [0.717, 1.165) is 16.9 Å².